The second-order valence-electron chi connectivity index (χ2n) is 9.12. The fourth-order valence-electron chi connectivity index (χ4n) is 4.55. The van der Waals surface area contributed by atoms with Gasteiger partial charge in [0.15, 0.2) is 17.3 Å². The fourth-order valence-corrected chi connectivity index (χ4v) is 4.55. The molecule has 4 N–H and O–H groups in total. The molecule has 13 heteroatoms. The number of carbonyl (C=O) groups is 1. The first kappa shape index (κ1) is 26.2. The lowest BCUT2D eigenvalue weighted by Gasteiger charge is -2.35. The Morgan fingerprint density at radius 1 is 1.10 bits per heavy atom. The number of nitrogens with two attached hydrogens (primary N) is 2. The molecule has 1 aromatic carbocycles. The predicted octanol–water partition coefficient (Wildman–Crippen LogP) is 3.88. The Morgan fingerprint density at radius 3 is 2.49 bits per heavy atom. The summed E-state index contributed by atoms with van der Waals surface area (Å²) >= 11 is 0. The average molecular weight is 542 g/mol. The van der Waals surface area contributed by atoms with E-state index in [2.05, 4.69) is 15.0 Å². The van der Waals surface area contributed by atoms with Crippen LogP contribution >= 0.6 is 0 Å². The molecule has 1 fully saturated rings. The molecule has 0 bridgehead atoms. The van der Waals surface area contributed by atoms with Crippen molar-refractivity contribution in [1.82, 2.24) is 19.9 Å². The summed E-state index contributed by atoms with van der Waals surface area (Å²) in [6, 6.07) is 8.09. The summed E-state index contributed by atoms with van der Waals surface area (Å²) in [6.07, 6.45) is -2.97. The molecule has 1 aliphatic heterocycles. The summed E-state index contributed by atoms with van der Waals surface area (Å²) in [4.78, 5) is 29.8. The van der Waals surface area contributed by atoms with Gasteiger partial charge in [-0.15, -0.1) is 0 Å². The molecule has 10 nitrogen and oxygen atoms in total. The van der Waals surface area contributed by atoms with Gasteiger partial charge in [0.1, 0.15) is 17.0 Å². The standard InChI is InChI=1S/C26H26F3N7O3/c1-14(30)22-21(25(37)36-12-10-35(11-13-36)23-17(31)4-3-9-32-23)34-24(39-22)16-5-7-18(38-2)20-15(16)6-8-19(33-20)26(27,28)29/h3-9,14H,10-13,30-31H2,1-2H3/t14-/m0/s1. The van der Waals surface area contributed by atoms with E-state index in [1.165, 1.54) is 19.2 Å². The van der Waals surface area contributed by atoms with Gasteiger partial charge in [-0.05, 0) is 43.3 Å². The van der Waals surface area contributed by atoms with Crippen LogP contribution in [-0.4, -0.2) is 59.0 Å². The van der Waals surface area contributed by atoms with Crippen molar-refractivity contribution >= 4 is 28.3 Å². The van der Waals surface area contributed by atoms with Crippen molar-refractivity contribution in [3.05, 3.63) is 59.7 Å². The number of piperazine rings is 1. The van der Waals surface area contributed by atoms with Crippen LogP contribution in [0.1, 0.15) is 34.9 Å². The number of nitrogen functional groups attached to an aromatic ring is 1. The number of pyridine rings is 2. The van der Waals surface area contributed by atoms with Gasteiger partial charge in [-0.2, -0.15) is 13.2 Å². The molecule has 204 valence electrons. The van der Waals surface area contributed by atoms with E-state index in [4.69, 9.17) is 20.6 Å². The maximum Gasteiger partial charge on any atom is 0.433 e. The second-order valence-corrected chi connectivity index (χ2v) is 9.12. The lowest BCUT2D eigenvalue weighted by Crippen LogP contribution is -2.49. The van der Waals surface area contributed by atoms with Crippen LogP contribution in [0.3, 0.4) is 0 Å². The van der Waals surface area contributed by atoms with Crippen LogP contribution in [0.4, 0.5) is 24.7 Å². The SMILES string of the molecule is COc1ccc(-c2nc(C(=O)N3CCN(c4ncccc4N)CC3)c([C@H](C)N)o2)c2ccc(C(F)(F)F)nc12. The van der Waals surface area contributed by atoms with E-state index in [1.807, 2.05) is 4.90 Å². The van der Waals surface area contributed by atoms with Crippen molar-refractivity contribution in [3.63, 3.8) is 0 Å². The molecule has 3 aromatic heterocycles. The van der Waals surface area contributed by atoms with Crippen LogP contribution in [-0.2, 0) is 6.18 Å². The Hall–Kier alpha value is -4.39. The molecule has 4 aromatic rings. The number of anilines is 2. The molecule has 1 saturated heterocycles. The molecule has 4 heterocycles. The zero-order valence-electron chi connectivity index (χ0n) is 21.2. The third-order valence-corrected chi connectivity index (χ3v) is 6.51. The molecule has 39 heavy (non-hydrogen) atoms. The van der Waals surface area contributed by atoms with Crippen LogP contribution in [0, 0.1) is 0 Å². The van der Waals surface area contributed by atoms with E-state index in [1.54, 1.807) is 36.2 Å². The number of nitrogens with zero attached hydrogens (tertiary/aromatic N) is 5. The summed E-state index contributed by atoms with van der Waals surface area (Å²) in [5, 5.41) is 0.320. The number of rotatable bonds is 5. The zero-order chi connectivity index (χ0) is 27.9. The van der Waals surface area contributed by atoms with E-state index in [-0.39, 0.29) is 34.5 Å². The van der Waals surface area contributed by atoms with Crippen molar-refractivity contribution in [3.8, 4) is 17.2 Å². The number of ether oxygens (including phenoxy) is 1. The number of halogens is 3. The van der Waals surface area contributed by atoms with E-state index in [9.17, 15) is 18.0 Å². The smallest absolute Gasteiger partial charge is 0.433 e. The van der Waals surface area contributed by atoms with E-state index >= 15 is 0 Å². The molecule has 0 spiro atoms. The van der Waals surface area contributed by atoms with Gasteiger partial charge in [0, 0.05) is 43.3 Å². The monoisotopic (exact) mass is 541 g/mol. The average Bonchev–Trinajstić information content (AvgIpc) is 3.37. The van der Waals surface area contributed by atoms with Gasteiger partial charge in [0.25, 0.3) is 5.91 Å². The Morgan fingerprint density at radius 2 is 1.85 bits per heavy atom. The molecule has 1 aliphatic rings. The number of amides is 1. The highest BCUT2D eigenvalue weighted by Crippen LogP contribution is 2.37. The summed E-state index contributed by atoms with van der Waals surface area (Å²) in [7, 11) is 1.34. The topological polar surface area (TPSA) is 137 Å². The van der Waals surface area contributed by atoms with Crippen molar-refractivity contribution in [2.45, 2.75) is 19.1 Å². The third-order valence-electron chi connectivity index (χ3n) is 6.51. The number of carbonyl (C=O) groups excluding carboxylic acids is 1. The van der Waals surface area contributed by atoms with Crippen LogP contribution < -0.4 is 21.1 Å². The maximum absolute atomic E-state index is 13.5. The Labute approximate surface area is 221 Å². The minimum Gasteiger partial charge on any atom is -0.494 e. The molecular formula is C26H26F3N7O3. The lowest BCUT2D eigenvalue weighted by atomic mass is 10.1. The van der Waals surface area contributed by atoms with E-state index in [0.717, 1.165) is 6.07 Å². The summed E-state index contributed by atoms with van der Waals surface area (Å²) in [6.45, 7) is 3.48. The summed E-state index contributed by atoms with van der Waals surface area (Å²) in [5.41, 5.74) is 12.1. The number of methoxy groups -OCH3 is 1. The second kappa shape index (κ2) is 10.1. The van der Waals surface area contributed by atoms with Gasteiger partial charge < -0.3 is 30.4 Å². The number of fused-ring (bicyclic) bond motifs is 1. The van der Waals surface area contributed by atoms with Gasteiger partial charge in [0.05, 0.1) is 18.8 Å². The van der Waals surface area contributed by atoms with Crippen LogP contribution in [0.5, 0.6) is 5.75 Å². The number of alkyl halides is 3. The first-order chi connectivity index (χ1) is 18.6. The fraction of sp³-hybridized carbons (Fsp3) is 0.308. The zero-order valence-corrected chi connectivity index (χ0v) is 21.2. The Balaban J connectivity index is 1.47. The van der Waals surface area contributed by atoms with Crippen molar-refractivity contribution < 1.29 is 27.1 Å². The number of oxazole rings is 1. The van der Waals surface area contributed by atoms with Crippen LogP contribution in [0.25, 0.3) is 22.4 Å². The highest BCUT2D eigenvalue weighted by molar-refractivity contribution is 5.98. The predicted molar refractivity (Wildman–Crippen MR) is 138 cm³/mol. The molecule has 0 radical (unpaired) electrons. The molecule has 0 unspecified atom stereocenters. The number of hydrogen-bond acceptors (Lipinski definition) is 9. The third kappa shape index (κ3) is 4.92. The minimum atomic E-state index is -4.63. The normalized spacial score (nSPS) is 15.0. The highest BCUT2D eigenvalue weighted by atomic mass is 19.4. The number of aromatic nitrogens is 3. The maximum atomic E-state index is 13.5. The van der Waals surface area contributed by atoms with Gasteiger partial charge in [-0.3, -0.25) is 4.79 Å². The minimum absolute atomic E-state index is 0.0110. The molecule has 5 rings (SSSR count). The first-order valence-corrected chi connectivity index (χ1v) is 12.1. The molecule has 1 atom stereocenters. The highest BCUT2D eigenvalue weighted by Gasteiger charge is 2.34. The van der Waals surface area contributed by atoms with Gasteiger partial charge >= 0.3 is 6.18 Å². The van der Waals surface area contributed by atoms with Crippen molar-refractivity contribution in [2.24, 2.45) is 5.73 Å². The summed E-state index contributed by atoms with van der Waals surface area (Å²) in [5.74, 6) is 0.677. The van der Waals surface area contributed by atoms with Crippen LogP contribution in [0.2, 0.25) is 0 Å². The molecule has 1 amide bonds. The largest absolute Gasteiger partial charge is 0.494 e. The van der Waals surface area contributed by atoms with Crippen molar-refractivity contribution in [2.75, 3.05) is 43.9 Å². The number of benzene rings is 1. The quantitative estimate of drug-likeness (QED) is 0.386. The molecule has 0 aliphatic carbocycles. The molecular weight excluding hydrogens is 515 g/mol. The van der Waals surface area contributed by atoms with Crippen molar-refractivity contribution in [1.29, 1.82) is 0 Å². The Kier molecular flexibility index (Phi) is 6.76. The van der Waals surface area contributed by atoms with Gasteiger partial charge in [0.2, 0.25) is 5.89 Å². The van der Waals surface area contributed by atoms with E-state index in [0.29, 0.717) is 48.6 Å². The van der Waals surface area contributed by atoms with E-state index < -0.39 is 17.9 Å². The lowest BCUT2D eigenvalue weighted by molar-refractivity contribution is -0.140. The Bertz CT molecular complexity index is 1530. The molecule has 0 saturated carbocycles. The first-order valence-electron chi connectivity index (χ1n) is 12.1. The van der Waals surface area contributed by atoms with Crippen LogP contribution in [0.15, 0.2) is 47.0 Å². The van der Waals surface area contributed by atoms with Gasteiger partial charge in [-0.25, -0.2) is 15.0 Å². The van der Waals surface area contributed by atoms with Gasteiger partial charge in [-0.1, -0.05) is 0 Å². The summed E-state index contributed by atoms with van der Waals surface area (Å²) < 4.78 is 51.2. The number of hydrogen-bond donors (Lipinski definition) is 2.